The van der Waals surface area contributed by atoms with Gasteiger partial charge in [-0.15, -0.1) is 0 Å². The van der Waals surface area contributed by atoms with Crippen LogP contribution < -0.4 is 0 Å². The molecule has 0 heterocycles. The van der Waals surface area contributed by atoms with E-state index >= 15 is 0 Å². The van der Waals surface area contributed by atoms with Gasteiger partial charge in [-0.05, 0) is 105 Å². The quantitative estimate of drug-likeness (QED) is 0.363. The maximum Gasteiger partial charge on any atom is 0.307 e. The lowest BCUT2D eigenvalue weighted by atomic mass is 9.87. The molecule has 0 aliphatic rings. The van der Waals surface area contributed by atoms with E-state index in [0.717, 1.165) is 54.6 Å². The molecule has 0 radical (unpaired) electrons. The fraction of sp³-hybridized carbons (Fsp3) is 0.222. The molecule has 0 spiro atoms. The molecule has 4 rings (SSSR count). The van der Waals surface area contributed by atoms with Gasteiger partial charge in [0.2, 0.25) is 0 Å². The van der Waals surface area contributed by atoms with E-state index in [1.165, 1.54) is 0 Å². The predicted octanol–water partition coefficient (Wildman–Crippen LogP) is 4.95. The first-order valence-electron chi connectivity index (χ1n) is 10.6. The molecule has 0 aliphatic heterocycles. The molecular weight excluding hydrogens is 420 g/mol. The highest BCUT2D eigenvalue weighted by Crippen LogP contribution is 2.39. The lowest BCUT2D eigenvalue weighted by molar-refractivity contribution is -0.137. The third kappa shape index (κ3) is 4.12. The van der Waals surface area contributed by atoms with E-state index in [2.05, 4.69) is 0 Å². The van der Waals surface area contributed by atoms with Crippen LogP contribution in [0.3, 0.4) is 0 Å². The van der Waals surface area contributed by atoms with Gasteiger partial charge in [0.25, 0.3) is 0 Å². The zero-order valence-electron chi connectivity index (χ0n) is 18.7. The third-order valence-electron chi connectivity index (χ3n) is 6.32. The Morgan fingerprint density at radius 2 is 0.697 bits per heavy atom. The molecule has 4 aromatic carbocycles. The van der Waals surface area contributed by atoms with Gasteiger partial charge in [-0.25, -0.2) is 0 Å². The number of carbonyl (C=O) groups is 3. The molecule has 0 fully saturated rings. The first-order chi connectivity index (χ1) is 15.5. The number of aryl methyl sites for hydroxylation is 3. The highest BCUT2D eigenvalue weighted by atomic mass is 16.4. The third-order valence-corrected chi connectivity index (χ3v) is 6.32. The second kappa shape index (κ2) is 8.20. The van der Waals surface area contributed by atoms with Crippen LogP contribution in [-0.2, 0) is 33.6 Å². The average Bonchev–Trinajstić information content (AvgIpc) is 2.70. The van der Waals surface area contributed by atoms with E-state index in [1.807, 2.05) is 57.2 Å². The highest BCUT2D eigenvalue weighted by molar-refractivity contribution is 6.26. The predicted molar refractivity (Wildman–Crippen MR) is 127 cm³/mol. The first-order valence-corrected chi connectivity index (χ1v) is 10.6. The molecule has 0 saturated heterocycles. The van der Waals surface area contributed by atoms with E-state index in [0.29, 0.717) is 11.1 Å². The van der Waals surface area contributed by atoms with Crippen molar-refractivity contribution in [3.63, 3.8) is 0 Å². The van der Waals surface area contributed by atoms with Gasteiger partial charge in [0.05, 0.1) is 19.3 Å². The Morgan fingerprint density at radius 1 is 0.485 bits per heavy atom. The summed E-state index contributed by atoms with van der Waals surface area (Å²) in [5.41, 5.74) is 4.68. The Kier molecular flexibility index (Phi) is 5.54. The summed E-state index contributed by atoms with van der Waals surface area (Å²) in [5.74, 6) is -2.75. The minimum atomic E-state index is -0.927. The van der Waals surface area contributed by atoms with Gasteiger partial charge in [0, 0.05) is 0 Å². The van der Waals surface area contributed by atoms with Crippen molar-refractivity contribution in [3.8, 4) is 0 Å². The van der Waals surface area contributed by atoms with Gasteiger partial charge in [-0.2, -0.15) is 0 Å². The summed E-state index contributed by atoms with van der Waals surface area (Å²) in [6, 6.07) is 11.6. The maximum absolute atomic E-state index is 11.4. The van der Waals surface area contributed by atoms with Crippen LogP contribution in [0.5, 0.6) is 0 Å². The molecule has 3 N–H and O–H groups in total. The summed E-state index contributed by atoms with van der Waals surface area (Å²) in [6.07, 6.45) is -0.313. The molecule has 0 unspecified atom stereocenters. The van der Waals surface area contributed by atoms with Gasteiger partial charge in [-0.3, -0.25) is 14.4 Å². The molecule has 33 heavy (non-hydrogen) atoms. The first kappa shape index (κ1) is 22.3. The van der Waals surface area contributed by atoms with Crippen LogP contribution in [0.2, 0.25) is 0 Å². The summed E-state index contributed by atoms with van der Waals surface area (Å²) in [6.45, 7) is 5.64. The number of benzene rings is 4. The number of hydrogen-bond acceptors (Lipinski definition) is 3. The molecule has 0 aromatic heterocycles. The molecule has 0 bridgehead atoms. The van der Waals surface area contributed by atoms with Crippen molar-refractivity contribution in [2.45, 2.75) is 40.0 Å². The van der Waals surface area contributed by atoms with Gasteiger partial charge in [0.15, 0.2) is 0 Å². The fourth-order valence-electron chi connectivity index (χ4n) is 4.66. The van der Waals surface area contributed by atoms with E-state index in [4.69, 9.17) is 0 Å². The van der Waals surface area contributed by atoms with Gasteiger partial charge in [0.1, 0.15) is 0 Å². The van der Waals surface area contributed by atoms with E-state index < -0.39 is 17.9 Å². The lowest BCUT2D eigenvalue weighted by Gasteiger charge is -2.17. The molecule has 168 valence electrons. The van der Waals surface area contributed by atoms with E-state index in [-0.39, 0.29) is 19.3 Å². The monoisotopic (exact) mass is 444 g/mol. The van der Waals surface area contributed by atoms with Crippen LogP contribution in [0.15, 0.2) is 36.4 Å². The van der Waals surface area contributed by atoms with Crippen LogP contribution in [0.4, 0.5) is 0 Å². The zero-order chi connectivity index (χ0) is 24.0. The van der Waals surface area contributed by atoms with Gasteiger partial charge >= 0.3 is 17.9 Å². The topological polar surface area (TPSA) is 112 Å². The molecule has 0 saturated carbocycles. The van der Waals surface area contributed by atoms with Crippen LogP contribution in [0.25, 0.3) is 32.3 Å². The molecular formula is C27H24O6. The number of rotatable bonds is 6. The second-order valence-corrected chi connectivity index (χ2v) is 8.68. The lowest BCUT2D eigenvalue weighted by Crippen LogP contribution is -2.04. The van der Waals surface area contributed by atoms with Crippen molar-refractivity contribution in [1.29, 1.82) is 0 Å². The standard InChI is InChI=1S/C27H24O6/c1-13-4-19-20-5-14(2)17(11-26(30)31)8-23(20)24-9-18(12-27(32)33)15(3)6-21(24)22(19)7-16(13)10-25(28)29/h4-9H,10-12H2,1-3H3,(H,28,29)(H,30,31)(H,32,33). The average molecular weight is 444 g/mol. The van der Waals surface area contributed by atoms with Crippen molar-refractivity contribution in [2.75, 3.05) is 0 Å². The number of carboxylic acids is 3. The summed E-state index contributed by atoms with van der Waals surface area (Å²) < 4.78 is 0. The summed E-state index contributed by atoms with van der Waals surface area (Å²) in [7, 11) is 0. The number of fused-ring (bicyclic) bond motifs is 6. The molecule has 4 aromatic rings. The largest absolute Gasteiger partial charge is 0.481 e. The second-order valence-electron chi connectivity index (χ2n) is 8.68. The number of hydrogen-bond donors (Lipinski definition) is 3. The minimum absolute atomic E-state index is 0.0893. The van der Waals surface area contributed by atoms with E-state index in [9.17, 15) is 29.7 Å². The van der Waals surface area contributed by atoms with Gasteiger partial charge < -0.3 is 15.3 Å². The van der Waals surface area contributed by atoms with Crippen molar-refractivity contribution in [2.24, 2.45) is 0 Å². The zero-order valence-corrected chi connectivity index (χ0v) is 18.7. The Hall–Kier alpha value is -3.93. The number of carboxylic acid groups (broad SMARTS) is 3. The van der Waals surface area contributed by atoms with Crippen molar-refractivity contribution in [1.82, 2.24) is 0 Å². The van der Waals surface area contributed by atoms with Crippen LogP contribution in [-0.4, -0.2) is 33.2 Å². The van der Waals surface area contributed by atoms with Crippen LogP contribution >= 0.6 is 0 Å². The fourth-order valence-corrected chi connectivity index (χ4v) is 4.66. The minimum Gasteiger partial charge on any atom is -0.481 e. The summed E-state index contributed by atoms with van der Waals surface area (Å²) in [5, 5.41) is 33.4. The molecule has 0 atom stereocenters. The van der Waals surface area contributed by atoms with Crippen LogP contribution in [0, 0.1) is 20.8 Å². The Balaban J connectivity index is 2.19. The Bertz CT molecular complexity index is 1500. The molecule has 6 nitrogen and oxygen atoms in total. The van der Waals surface area contributed by atoms with Gasteiger partial charge in [-0.1, -0.05) is 18.2 Å². The smallest absolute Gasteiger partial charge is 0.307 e. The number of aliphatic carboxylic acids is 3. The SMILES string of the molecule is Cc1cc2c3cc(C)c(CC(=O)O)cc3c3cc(CC(=O)O)c(C)cc3c2cc1CC(=O)O. The van der Waals surface area contributed by atoms with Crippen molar-refractivity contribution in [3.05, 3.63) is 69.8 Å². The molecule has 0 aliphatic carbocycles. The summed E-state index contributed by atoms with van der Waals surface area (Å²) >= 11 is 0. The Morgan fingerprint density at radius 3 is 0.909 bits per heavy atom. The van der Waals surface area contributed by atoms with E-state index in [1.54, 1.807) is 0 Å². The van der Waals surface area contributed by atoms with Crippen molar-refractivity contribution >= 4 is 50.2 Å². The normalized spacial score (nSPS) is 11.4. The maximum atomic E-state index is 11.4. The highest BCUT2D eigenvalue weighted by Gasteiger charge is 2.17. The molecule has 0 amide bonds. The van der Waals surface area contributed by atoms with Crippen LogP contribution in [0.1, 0.15) is 33.4 Å². The summed E-state index contributed by atoms with van der Waals surface area (Å²) in [4.78, 5) is 34.2. The molecule has 6 heteroatoms. The Labute approximate surface area is 190 Å². The van der Waals surface area contributed by atoms with Crippen molar-refractivity contribution < 1.29 is 29.7 Å².